The van der Waals surface area contributed by atoms with Crippen LogP contribution in [0.4, 0.5) is 0 Å². The predicted molar refractivity (Wildman–Crippen MR) is 100 cm³/mol. The molecule has 1 atom stereocenters. The Kier molecular flexibility index (Phi) is 8.60. The minimum absolute atomic E-state index is 0.0494. The van der Waals surface area contributed by atoms with Crippen LogP contribution in [0.5, 0.6) is 5.75 Å². The maximum atomic E-state index is 5.98. The monoisotopic (exact) mass is 416 g/mol. The zero-order chi connectivity index (χ0) is 15.6. The Morgan fingerprint density at radius 1 is 1.14 bits per heavy atom. The molecule has 0 aliphatic carbocycles. The molecule has 1 fully saturated rings. The Hall–Kier alpha value is -0.290. The van der Waals surface area contributed by atoms with Gasteiger partial charge in [0.1, 0.15) is 5.75 Å². The van der Waals surface area contributed by atoms with E-state index < -0.39 is 0 Å². The fourth-order valence-electron chi connectivity index (χ4n) is 2.85. The second-order valence-corrected chi connectivity index (χ2v) is 7.36. The predicted octanol–water partition coefficient (Wildman–Crippen LogP) is 6.10. The van der Waals surface area contributed by atoms with Crippen molar-refractivity contribution in [3.8, 4) is 5.75 Å². The minimum Gasteiger partial charge on any atom is -0.464 e. The lowest BCUT2D eigenvalue weighted by atomic mass is 10.0. The molecular weight excluding hydrogens is 387 g/mol. The van der Waals surface area contributed by atoms with E-state index in [0.717, 1.165) is 25.2 Å². The quantitative estimate of drug-likeness (QED) is 0.358. The average Bonchev–Trinajstić information content (AvgIpc) is 2.54. The lowest BCUT2D eigenvalue weighted by Crippen LogP contribution is -2.25. The number of unbranched alkanes of at least 4 members (excludes halogenated alkanes) is 5. The first-order valence-corrected chi connectivity index (χ1v) is 9.94. The molecule has 2 nitrogen and oxygen atoms in total. The lowest BCUT2D eigenvalue weighted by molar-refractivity contribution is -0.106. The van der Waals surface area contributed by atoms with Gasteiger partial charge in [-0.3, -0.25) is 0 Å². The van der Waals surface area contributed by atoms with E-state index in [9.17, 15) is 0 Å². The lowest BCUT2D eigenvalue weighted by Gasteiger charge is -2.24. The number of hydrogen-bond donors (Lipinski definition) is 0. The van der Waals surface area contributed by atoms with Gasteiger partial charge in [0.2, 0.25) is 0 Å². The van der Waals surface area contributed by atoms with Gasteiger partial charge in [0, 0.05) is 6.42 Å². The Bertz CT molecular complexity index is 427. The molecule has 1 saturated heterocycles. The van der Waals surface area contributed by atoms with Crippen molar-refractivity contribution in [2.45, 2.75) is 77.4 Å². The van der Waals surface area contributed by atoms with Crippen LogP contribution in [0.1, 0.15) is 70.3 Å². The molecule has 0 N–H and O–H groups in total. The fourth-order valence-corrected chi connectivity index (χ4v) is 3.56. The maximum Gasteiger partial charge on any atom is 0.199 e. The molecule has 0 amide bonds. The summed E-state index contributed by atoms with van der Waals surface area (Å²) < 4.78 is 12.8. The van der Waals surface area contributed by atoms with Crippen molar-refractivity contribution in [2.75, 3.05) is 6.61 Å². The van der Waals surface area contributed by atoms with Crippen molar-refractivity contribution >= 4 is 22.6 Å². The molecule has 0 bridgehead atoms. The van der Waals surface area contributed by atoms with Crippen LogP contribution in [0.25, 0.3) is 0 Å². The number of halogens is 1. The summed E-state index contributed by atoms with van der Waals surface area (Å²) in [6, 6.07) is 6.60. The third-order valence-electron chi connectivity index (χ3n) is 4.21. The van der Waals surface area contributed by atoms with E-state index in [0.29, 0.717) is 0 Å². The van der Waals surface area contributed by atoms with E-state index in [1.54, 1.807) is 0 Å². The highest BCUT2D eigenvalue weighted by Gasteiger charge is 2.16. The largest absolute Gasteiger partial charge is 0.464 e. The van der Waals surface area contributed by atoms with Crippen LogP contribution in [0, 0.1) is 3.57 Å². The van der Waals surface area contributed by atoms with Gasteiger partial charge in [-0.2, -0.15) is 0 Å². The van der Waals surface area contributed by atoms with Gasteiger partial charge in [0.25, 0.3) is 0 Å². The highest BCUT2D eigenvalue weighted by molar-refractivity contribution is 14.1. The van der Waals surface area contributed by atoms with Crippen LogP contribution < -0.4 is 4.74 Å². The van der Waals surface area contributed by atoms with Gasteiger partial charge in [-0.25, -0.2) is 0 Å². The summed E-state index contributed by atoms with van der Waals surface area (Å²) in [5.41, 5.74) is 1.43. The zero-order valence-electron chi connectivity index (χ0n) is 13.8. The second kappa shape index (κ2) is 10.5. The SMILES string of the molecule is CCCCCCCCc1ccc(OC2CCCCO2)c(I)c1. The summed E-state index contributed by atoms with van der Waals surface area (Å²) in [6.45, 7) is 3.10. The van der Waals surface area contributed by atoms with Gasteiger partial charge in [0.05, 0.1) is 10.2 Å². The van der Waals surface area contributed by atoms with Crippen molar-refractivity contribution in [3.63, 3.8) is 0 Å². The number of ether oxygens (including phenoxy) is 2. The van der Waals surface area contributed by atoms with Crippen molar-refractivity contribution in [1.29, 1.82) is 0 Å². The molecule has 1 aliphatic rings. The first kappa shape index (κ1) is 18.1. The molecule has 0 saturated carbocycles. The van der Waals surface area contributed by atoms with Gasteiger partial charge in [-0.15, -0.1) is 0 Å². The molecule has 1 aromatic carbocycles. The van der Waals surface area contributed by atoms with Crippen molar-refractivity contribution in [1.82, 2.24) is 0 Å². The molecule has 124 valence electrons. The topological polar surface area (TPSA) is 18.5 Å². The molecule has 0 spiro atoms. The highest BCUT2D eigenvalue weighted by atomic mass is 127. The van der Waals surface area contributed by atoms with Crippen molar-refractivity contribution in [3.05, 3.63) is 27.3 Å². The standard InChI is InChI=1S/C19H29IO2/c1-2-3-4-5-6-7-10-16-12-13-18(17(20)15-16)22-19-11-8-9-14-21-19/h12-13,15,19H,2-11,14H2,1H3. The molecule has 0 radical (unpaired) electrons. The smallest absolute Gasteiger partial charge is 0.199 e. The first-order chi connectivity index (χ1) is 10.8. The van der Waals surface area contributed by atoms with E-state index in [2.05, 4.69) is 47.7 Å². The number of hydrogen-bond acceptors (Lipinski definition) is 2. The minimum atomic E-state index is -0.0494. The summed E-state index contributed by atoms with van der Waals surface area (Å²) in [7, 11) is 0. The summed E-state index contributed by atoms with van der Waals surface area (Å²) in [5.74, 6) is 0.971. The zero-order valence-corrected chi connectivity index (χ0v) is 15.9. The number of aryl methyl sites for hydroxylation is 1. The fraction of sp³-hybridized carbons (Fsp3) is 0.684. The van der Waals surface area contributed by atoms with Gasteiger partial charge in [-0.05, 0) is 66.0 Å². The Balaban J connectivity index is 1.74. The molecule has 1 unspecified atom stereocenters. The Morgan fingerprint density at radius 2 is 1.95 bits per heavy atom. The number of rotatable bonds is 9. The van der Waals surface area contributed by atoms with Crippen LogP contribution in [0.3, 0.4) is 0 Å². The van der Waals surface area contributed by atoms with E-state index >= 15 is 0 Å². The van der Waals surface area contributed by atoms with E-state index in [1.165, 1.54) is 60.5 Å². The van der Waals surface area contributed by atoms with E-state index in [-0.39, 0.29) is 6.29 Å². The summed E-state index contributed by atoms with van der Waals surface area (Å²) >= 11 is 2.38. The first-order valence-electron chi connectivity index (χ1n) is 8.86. The third-order valence-corrected chi connectivity index (χ3v) is 5.05. The highest BCUT2D eigenvalue weighted by Crippen LogP contribution is 2.26. The molecule has 22 heavy (non-hydrogen) atoms. The van der Waals surface area contributed by atoms with Crippen LogP contribution in [0.15, 0.2) is 18.2 Å². The third kappa shape index (κ3) is 6.45. The second-order valence-electron chi connectivity index (χ2n) is 6.20. The van der Waals surface area contributed by atoms with Crippen LogP contribution in [0.2, 0.25) is 0 Å². The Morgan fingerprint density at radius 3 is 2.68 bits per heavy atom. The number of benzene rings is 1. The van der Waals surface area contributed by atoms with Gasteiger partial charge in [0.15, 0.2) is 6.29 Å². The summed E-state index contributed by atoms with van der Waals surface area (Å²) in [6.07, 6.45) is 12.6. The normalized spacial score (nSPS) is 18.4. The molecule has 2 rings (SSSR count). The molecule has 0 aromatic heterocycles. The molecule has 1 aromatic rings. The average molecular weight is 416 g/mol. The summed E-state index contributed by atoms with van der Waals surface area (Å²) in [4.78, 5) is 0. The Labute approximate surface area is 149 Å². The molecule has 1 aliphatic heterocycles. The molecule has 3 heteroatoms. The van der Waals surface area contributed by atoms with Crippen LogP contribution in [-0.4, -0.2) is 12.9 Å². The van der Waals surface area contributed by atoms with Gasteiger partial charge >= 0.3 is 0 Å². The van der Waals surface area contributed by atoms with E-state index in [4.69, 9.17) is 9.47 Å². The van der Waals surface area contributed by atoms with Gasteiger partial charge < -0.3 is 9.47 Å². The van der Waals surface area contributed by atoms with Crippen molar-refractivity contribution in [2.24, 2.45) is 0 Å². The van der Waals surface area contributed by atoms with Crippen molar-refractivity contribution < 1.29 is 9.47 Å². The van der Waals surface area contributed by atoms with Gasteiger partial charge in [-0.1, -0.05) is 45.1 Å². The van der Waals surface area contributed by atoms with Crippen LogP contribution in [-0.2, 0) is 11.2 Å². The molecular formula is C19H29IO2. The summed E-state index contributed by atoms with van der Waals surface area (Å²) in [5, 5.41) is 0. The molecule has 1 heterocycles. The van der Waals surface area contributed by atoms with Crippen LogP contribution >= 0.6 is 22.6 Å². The maximum absolute atomic E-state index is 5.98. The van der Waals surface area contributed by atoms with E-state index in [1.807, 2.05) is 0 Å².